The first kappa shape index (κ1) is 10.8. The molecule has 2 aliphatic rings. The van der Waals surface area contributed by atoms with E-state index in [9.17, 15) is 0 Å². The molecule has 0 aromatic carbocycles. The summed E-state index contributed by atoms with van der Waals surface area (Å²) in [6.07, 6.45) is 11.5. The molecule has 0 N–H and O–H groups in total. The summed E-state index contributed by atoms with van der Waals surface area (Å²) in [5.41, 5.74) is 0. The molecule has 0 saturated heterocycles. The van der Waals surface area contributed by atoms with Crippen molar-refractivity contribution >= 4 is 11.6 Å². The summed E-state index contributed by atoms with van der Waals surface area (Å²) in [6, 6.07) is 0. The second kappa shape index (κ2) is 4.88. The van der Waals surface area contributed by atoms with Gasteiger partial charge in [-0.1, -0.05) is 39.0 Å². The summed E-state index contributed by atoms with van der Waals surface area (Å²) in [6.45, 7) is 2.34. The van der Waals surface area contributed by atoms with Gasteiger partial charge in [-0.2, -0.15) is 0 Å². The molecule has 82 valence electrons. The van der Waals surface area contributed by atoms with E-state index >= 15 is 0 Å². The van der Waals surface area contributed by atoms with Crippen molar-refractivity contribution in [3.05, 3.63) is 0 Å². The summed E-state index contributed by atoms with van der Waals surface area (Å²) >= 11 is 6.27. The Balaban J connectivity index is 1.85. The van der Waals surface area contributed by atoms with E-state index in [0.29, 0.717) is 5.38 Å². The smallest absolute Gasteiger partial charge is 0.0361 e. The van der Waals surface area contributed by atoms with Crippen LogP contribution in [-0.2, 0) is 0 Å². The number of halogens is 1. The minimum Gasteiger partial charge on any atom is -0.123 e. The third-order valence-electron chi connectivity index (χ3n) is 4.42. The van der Waals surface area contributed by atoms with Crippen molar-refractivity contribution in [3.8, 4) is 0 Å². The Labute approximate surface area is 93.4 Å². The number of rotatable bonds is 1. The highest BCUT2D eigenvalue weighted by atomic mass is 35.5. The lowest BCUT2D eigenvalue weighted by Gasteiger charge is -2.37. The van der Waals surface area contributed by atoms with Crippen LogP contribution in [0.5, 0.6) is 0 Å². The van der Waals surface area contributed by atoms with Gasteiger partial charge in [-0.05, 0) is 37.0 Å². The first-order valence-corrected chi connectivity index (χ1v) is 6.85. The number of hydrogen-bond donors (Lipinski definition) is 0. The molecule has 0 bridgehead atoms. The third kappa shape index (κ3) is 2.45. The van der Waals surface area contributed by atoms with Crippen LogP contribution in [0.2, 0.25) is 0 Å². The van der Waals surface area contributed by atoms with E-state index in [2.05, 4.69) is 6.92 Å². The maximum Gasteiger partial charge on any atom is 0.0361 e. The van der Waals surface area contributed by atoms with Crippen molar-refractivity contribution < 1.29 is 0 Å². The fraction of sp³-hybridized carbons (Fsp3) is 1.00. The highest BCUT2D eigenvalue weighted by Gasteiger charge is 2.31. The maximum absolute atomic E-state index is 6.27. The second-order valence-corrected chi connectivity index (χ2v) is 6.03. The van der Waals surface area contributed by atoms with Crippen LogP contribution in [0, 0.1) is 17.8 Å². The Kier molecular flexibility index (Phi) is 3.76. The lowest BCUT2D eigenvalue weighted by atomic mass is 9.71. The molecule has 3 unspecified atom stereocenters. The van der Waals surface area contributed by atoms with Crippen molar-refractivity contribution in [1.29, 1.82) is 0 Å². The average Bonchev–Trinajstić information content (AvgIpc) is 2.23. The maximum atomic E-state index is 6.27. The summed E-state index contributed by atoms with van der Waals surface area (Å²) in [4.78, 5) is 0. The molecule has 2 rings (SSSR count). The average molecular weight is 215 g/mol. The molecule has 0 aromatic heterocycles. The Hall–Kier alpha value is 0.290. The Morgan fingerprint density at radius 1 is 0.857 bits per heavy atom. The molecule has 2 saturated carbocycles. The molecule has 0 aliphatic heterocycles. The van der Waals surface area contributed by atoms with Crippen molar-refractivity contribution in [2.24, 2.45) is 17.8 Å². The summed E-state index contributed by atoms with van der Waals surface area (Å²) in [7, 11) is 0. The van der Waals surface area contributed by atoms with Gasteiger partial charge in [0.1, 0.15) is 0 Å². The normalized spacial score (nSPS) is 41.1. The molecule has 14 heavy (non-hydrogen) atoms. The standard InChI is InChI=1S/C13H23Cl/c1-10-9-12(7-8-13(10)14)11-5-3-2-4-6-11/h10-13H,2-9H2,1H3. The fourth-order valence-corrected chi connectivity index (χ4v) is 3.66. The minimum atomic E-state index is 0.467. The van der Waals surface area contributed by atoms with Crippen LogP contribution < -0.4 is 0 Å². The van der Waals surface area contributed by atoms with E-state index in [4.69, 9.17) is 11.6 Å². The van der Waals surface area contributed by atoms with E-state index in [1.165, 1.54) is 51.4 Å². The SMILES string of the molecule is CC1CC(C2CCCCC2)CCC1Cl. The van der Waals surface area contributed by atoms with E-state index in [-0.39, 0.29) is 0 Å². The Morgan fingerprint density at radius 2 is 1.57 bits per heavy atom. The van der Waals surface area contributed by atoms with Crippen LogP contribution in [0.4, 0.5) is 0 Å². The van der Waals surface area contributed by atoms with Crippen LogP contribution in [-0.4, -0.2) is 5.38 Å². The number of alkyl halides is 1. The van der Waals surface area contributed by atoms with E-state index < -0.39 is 0 Å². The van der Waals surface area contributed by atoms with Gasteiger partial charge in [0, 0.05) is 5.38 Å². The molecule has 2 fully saturated rings. The zero-order valence-corrected chi connectivity index (χ0v) is 10.1. The van der Waals surface area contributed by atoms with Gasteiger partial charge in [0.2, 0.25) is 0 Å². The molecule has 0 radical (unpaired) electrons. The predicted octanol–water partition coefficient (Wildman–Crippen LogP) is 4.61. The molecule has 3 atom stereocenters. The van der Waals surface area contributed by atoms with Gasteiger partial charge in [-0.15, -0.1) is 11.6 Å². The molecule has 0 heterocycles. The van der Waals surface area contributed by atoms with Gasteiger partial charge in [0.25, 0.3) is 0 Å². The fourth-order valence-electron chi connectivity index (χ4n) is 3.43. The van der Waals surface area contributed by atoms with Gasteiger partial charge in [0.15, 0.2) is 0 Å². The first-order valence-electron chi connectivity index (χ1n) is 6.41. The zero-order chi connectivity index (χ0) is 9.97. The van der Waals surface area contributed by atoms with Crippen LogP contribution in [0.1, 0.15) is 58.3 Å². The highest BCUT2D eigenvalue weighted by Crippen LogP contribution is 2.41. The summed E-state index contributed by atoms with van der Waals surface area (Å²) < 4.78 is 0. The van der Waals surface area contributed by atoms with Gasteiger partial charge >= 0.3 is 0 Å². The van der Waals surface area contributed by atoms with Crippen LogP contribution in [0.25, 0.3) is 0 Å². The first-order chi connectivity index (χ1) is 6.77. The largest absolute Gasteiger partial charge is 0.123 e. The van der Waals surface area contributed by atoms with Crippen LogP contribution >= 0.6 is 11.6 Å². The predicted molar refractivity (Wildman–Crippen MR) is 62.7 cm³/mol. The lowest BCUT2D eigenvalue weighted by Crippen LogP contribution is -2.28. The molecule has 0 nitrogen and oxygen atoms in total. The van der Waals surface area contributed by atoms with Crippen molar-refractivity contribution in [2.45, 2.75) is 63.7 Å². The highest BCUT2D eigenvalue weighted by molar-refractivity contribution is 6.20. The minimum absolute atomic E-state index is 0.467. The van der Waals surface area contributed by atoms with Gasteiger partial charge in [-0.3, -0.25) is 0 Å². The van der Waals surface area contributed by atoms with Crippen molar-refractivity contribution in [3.63, 3.8) is 0 Å². The molecule has 2 aliphatic carbocycles. The van der Waals surface area contributed by atoms with Crippen LogP contribution in [0.3, 0.4) is 0 Å². The number of hydrogen-bond acceptors (Lipinski definition) is 0. The molecule has 0 aromatic rings. The Bertz CT molecular complexity index is 172. The van der Waals surface area contributed by atoms with Gasteiger partial charge in [0.05, 0.1) is 0 Å². The van der Waals surface area contributed by atoms with E-state index in [1.807, 2.05) is 0 Å². The summed E-state index contributed by atoms with van der Waals surface area (Å²) in [5.74, 6) is 2.83. The quantitative estimate of drug-likeness (QED) is 0.560. The van der Waals surface area contributed by atoms with Crippen molar-refractivity contribution in [2.75, 3.05) is 0 Å². The van der Waals surface area contributed by atoms with Crippen LogP contribution in [0.15, 0.2) is 0 Å². The zero-order valence-electron chi connectivity index (χ0n) is 9.34. The summed E-state index contributed by atoms with van der Waals surface area (Å²) in [5, 5.41) is 0.467. The lowest BCUT2D eigenvalue weighted by molar-refractivity contribution is 0.168. The molecule has 0 amide bonds. The molecular weight excluding hydrogens is 192 g/mol. The molecule has 1 heteroatoms. The second-order valence-electron chi connectivity index (χ2n) is 5.46. The molecule has 0 spiro atoms. The third-order valence-corrected chi connectivity index (χ3v) is 5.07. The molecular formula is C13H23Cl. The van der Waals surface area contributed by atoms with E-state index in [0.717, 1.165) is 17.8 Å². The topological polar surface area (TPSA) is 0 Å². The van der Waals surface area contributed by atoms with Gasteiger partial charge in [-0.25, -0.2) is 0 Å². The van der Waals surface area contributed by atoms with Gasteiger partial charge < -0.3 is 0 Å². The van der Waals surface area contributed by atoms with E-state index in [1.54, 1.807) is 0 Å². The Morgan fingerprint density at radius 3 is 2.21 bits per heavy atom. The van der Waals surface area contributed by atoms with Crippen molar-refractivity contribution in [1.82, 2.24) is 0 Å². The monoisotopic (exact) mass is 214 g/mol.